The van der Waals surface area contributed by atoms with Crippen molar-refractivity contribution in [2.24, 2.45) is 5.14 Å². The Bertz CT molecular complexity index is 1350. The lowest BCUT2D eigenvalue weighted by Gasteiger charge is -2.09. The van der Waals surface area contributed by atoms with Crippen molar-refractivity contribution in [1.29, 1.82) is 0 Å². The molecule has 6 nitrogen and oxygen atoms in total. The van der Waals surface area contributed by atoms with E-state index in [2.05, 4.69) is 9.97 Å². The SMILES string of the molecule is Cc1c(-c2cccc(S(N)(=O)=O)c2)c2[nH]c3ccc(Cl)cc3c2[nH]c1=O. The van der Waals surface area contributed by atoms with Gasteiger partial charge in [-0.2, -0.15) is 0 Å². The maximum Gasteiger partial charge on any atom is 0.252 e. The molecule has 0 aliphatic rings. The summed E-state index contributed by atoms with van der Waals surface area (Å²) >= 11 is 6.09. The van der Waals surface area contributed by atoms with E-state index < -0.39 is 10.0 Å². The summed E-state index contributed by atoms with van der Waals surface area (Å²) in [6.07, 6.45) is 0. The maximum atomic E-state index is 12.5. The predicted molar refractivity (Wildman–Crippen MR) is 103 cm³/mol. The molecule has 0 radical (unpaired) electrons. The molecule has 4 rings (SSSR count). The third kappa shape index (κ3) is 2.61. The fraction of sp³-hybridized carbons (Fsp3) is 0.0556. The molecule has 0 saturated carbocycles. The van der Waals surface area contributed by atoms with Crippen LogP contribution in [0, 0.1) is 6.92 Å². The number of H-pyrrole nitrogens is 2. The number of sulfonamides is 1. The molecular formula is C18H14ClN3O3S. The van der Waals surface area contributed by atoms with Crippen molar-refractivity contribution in [2.45, 2.75) is 11.8 Å². The standard InChI is InChI=1S/C18H14ClN3O3S/c1-9-15(10-3-2-4-12(7-10)26(20,24)25)17-16(22-18(9)23)13-8-11(19)5-6-14(13)21-17/h2-8,21H,1H3,(H,22,23)(H2,20,24,25). The van der Waals surface area contributed by atoms with Crippen molar-refractivity contribution in [3.8, 4) is 11.1 Å². The molecule has 4 N–H and O–H groups in total. The smallest absolute Gasteiger partial charge is 0.252 e. The summed E-state index contributed by atoms with van der Waals surface area (Å²) < 4.78 is 23.4. The summed E-state index contributed by atoms with van der Waals surface area (Å²) in [6.45, 7) is 1.69. The lowest BCUT2D eigenvalue weighted by atomic mass is 10.0. The van der Waals surface area contributed by atoms with Crippen LogP contribution in [0.25, 0.3) is 33.1 Å². The first kappa shape index (κ1) is 16.8. The van der Waals surface area contributed by atoms with Gasteiger partial charge in [0.1, 0.15) is 0 Å². The number of nitrogens with two attached hydrogens (primary N) is 1. The normalized spacial score (nSPS) is 12.1. The monoisotopic (exact) mass is 387 g/mol. The average molecular weight is 388 g/mol. The van der Waals surface area contributed by atoms with Gasteiger partial charge >= 0.3 is 0 Å². The fourth-order valence-corrected chi connectivity index (χ4v) is 3.91. The maximum absolute atomic E-state index is 12.5. The fourth-order valence-electron chi connectivity index (χ4n) is 3.18. The Hall–Kier alpha value is -2.61. The Morgan fingerprint density at radius 3 is 2.54 bits per heavy atom. The second kappa shape index (κ2) is 5.70. The molecule has 4 aromatic rings. The number of fused-ring (bicyclic) bond motifs is 3. The lowest BCUT2D eigenvalue weighted by Crippen LogP contribution is -2.13. The molecule has 2 aromatic carbocycles. The molecule has 0 amide bonds. The highest BCUT2D eigenvalue weighted by Gasteiger charge is 2.17. The van der Waals surface area contributed by atoms with Gasteiger partial charge in [0.15, 0.2) is 0 Å². The molecule has 0 spiro atoms. The van der Waals surface area contributed by atoms with E-state index in [0.29, 0.717) is 32.7 Å². The van der Waals surface area contributed by atoms with Crippen molar-refractivity contribution in [2.75, 3.05) is 0 Å². The predicted octanol–water partition coefficient (Wildman–Crippen LogP) is 3.29. The molecule has 0 saturated heterocycles. The number of primary sulfonamides is 1. The molecule has 2 heterocycles. The highest BCUT2D eigenvalue weighted by molar-refractivity contribution is 7.89. The second-order valence-corrected chi connectivity index (χ2v) is 8.09. The summed E-state index contributed by atoms with van der Waals surface area (Å²) in [6, 6.07) is 11.6. The summed E-state index contributed by atoms with van der Waals surface area (Å²) in [5.41, 5.74) is 3.56. The van der Waals surface area contributed by atoms with Gasteiger partial charge in [-0.15, -0.1) is 0 Å². The zero-order valence-corrected chi connectivity index (χ0v) is 15.2. The van der Waals surface area contributed by atoms with Gasteiger partial charge in [-0.1, -0.05) is 23.7 Å². The molecule has 0 fully saturated rings. The van der Waals surface area contributed by atoms with E-state index in [1.807, 2.05) is 6.07 Å². The van der Waals surface area contributed by atoms with Gasteiger partial charge < -0.3 is 9.97 Å². The largest absolute Gasteiger partial charge is 0.353 e. The lowest BCUT2D eigenvalue weighted by molar-refractivity contribution is 0.598. The number of aromatic amines is 2. The van der Waals surface area contributed by atoms with E-state index in [4.69, 9.17) is 16.7 Å². The van der Waals surface area contributed by atoms with Crippen LogP contribution in [-0.4, -0.2) is 18.4 Å². The Labute approximate surface area is 153 Å². The van der Waals surface area contributed by atoms with Gasteiger partial charge in [0.2, 0.25) is 10.0 Å². The van der Waals surface area contributed by atoms with Gasteiger partial charge in [0.25, 0.3) is 5.56 Å². The molecule has 0 bridgehead atoms. The minimum atomic E-state index is -3.85. The first-order valence-electron chi connectivity index (χ1n) is 7.73. The van der Waals surface area contributed by atoms with Crippen molar-refractivity contribution in [1.82, 2.24) is 9.97 Å². The number of benzene rings is 2. The van der Waals surface area contributed by atoms with Gasteiger partial charge in [-0.3, -0.25) is 4.79 Å². The number of hydrogen-bond donors (Lipinski definition) is 3. The Morgan fingerprint density at radius 2 is 1.81 bits per heavy atom. The Morgan fingerprint density at radius 1 is 1.04 bits per heavy atom. The molecule has 132 valence electrons. The van der Waals surface area contributed by atoms with E-state index in [1.165, 1.54) is 12.1 Å². The zero-order valence-electron chi connectivity index (χ0n) is 13.6. The molecule has 0 atom stereocenters. The van der Waals surface area contributed by atoms with Crippen LogP contribution in [0.15, 0.2) is 52.2 Å². The van der Waals surface area contributed by atoms with Crippen LogP contribution in [0.3, 0.4) is 0 Å². The molecule has 26 heavy (non-hydrogen) atoms. The summed E-state index contributed by atoms with van der Waals surface area (Å²) in [5.74, 6) is 0. The van der Waals surface area contributed by atoms with Gasteiger partial charge in [-0.05, 0) is 42.8 Å². The molecule has 0 unspecified atom stereocenters. The van der Waals surface area contributed by atoms with Crippen LogP contribution < -0.4 is 10.7 Å². The van der Waals surface area contributed by atoms with Crippen LogP contribution in [0.1, 0.15) is 5.56 Å². The van der Waals surface area contributed by atoms with Gasteiger partial charge in [0.05, 0.1) is 15.9 Å². The van der Waals surface area contributed by atoms with Crippen molar-refractivity contribution in [3.05, 3.63) is 63.4 Å². The summed E-state index contributed by atoms with van der Waals surface area (Å²) in [4.78, 5) is 18.6. The highest BCUT2D eigenvalue weighted by Crippen LogP contribution is 2.34. The van der Waals surface area contributed by atoms with Crippen molar-refractivity contribution >= 4 is 43.6 Å². The van der Waals surface area contributed by atoms with Gasteiger partial charge in [-0.25, -0.2) is 13.6 Å². The minimum Gasteiger partial charge on any atom is -0.353 e. The second-order valence-electron chi connectivity index (χ2n) is 6.09. The van der Waals surface area contributed by atoms with E-state index >= 15 is 0 Å². The van der Waals surface area contributed by atoms with Crippen LogP contribution in [-0.2, 0) is 10.0 Å². The van der Waals surface area contributed by atoms with Crippen LogP contribution in [0.2, 0.25) is 5.02 Å². The van der Waals surface area contributed by atoms with E-state index in [1.54, 1.807) is 31.2 Å². The first-order valence-corrected chi connectivity index (χ1v) is 9.65. The average Bonchev–Trinajstić information content (AvgIpc) is 2.92. The molecule has 2 aromatic heterocycles. The number of hydrogen-bond acceptors (Lipinski definition) is 3. The van der Waals surface area contributed by atoms with E-state index in [9.17, 15) is 13.2 Å². The zero-order chi connectivity index (χ0) is 18.6. The van der Waals surface area contributed by atoms with Gasteiger partial charge in [0, 0.05) is 27.1 Å². The minimum absolute atomic E-state index is 0.0120. The quantitative estimate of drug-likeness (QED) is 0.491. The third-order valence-electron chi connectivity index (χ3n) is 4.42. The highest BCUT2D eigenvalue weighted by atomic mass is 35.5. The van der Waals surface area contributed by atoms with Crippen molar-refractivity contribution in [3.63, 3.8) is 0 Å². The Balaban J connectivity index is 2.14. The number of aromatic nitrogens is 2. The Kier molecular flexibility index (Phi) is 3.69. The summed E-state index contributed by atoms with van der Waals surface area (Å²) in [7, 11) is -3.85. The van der Waals surface area contributed by atoms with E-state index in [-0.39, 0.29) is 10.5 Å². The first-order chi connectivity index (χ1) is 12.3. The van der Waals surface area contributed by atoms with Crippen LogP contribution >= 0.6 is 11.6 Å². The number of pyridine rings is 1. The summed E-state index contributed by atoms with van der Waals surface area (Å²) in [5, 5.41) is 6.58. The number of rotatable bonds is 2. The van der Waals surface area contributed by atoms with E-state index in [0.717, 1.165) is 10.9 Å². The molecular weight excluding hydrogens is 374 g/mol. The van der Waals surface area contributed by atoms with Crippen molar-refractivity contribution < 1.29 is 8.42 Å². The van der Waals surface area contributed by atoms with Crippen LogP contribution in [0.5, 0.6) is 0 Å². The molecule has 8 heteroatoms. The topological polar surface area (TPSA) is 109 Å². The molecule has 0 aliphatic heterocycles. The number of halogens is 1. The molecule has 0 aliphatic carbocycles. The third-order valence-corrected chi connectivity index (χ3v) is 5.56. The van der Waals surface area contributed by atoms with Crippen LogP contribution in [0.4, 0.5) is 0 Å². The number of nitrogens with one attached hydrogen (secondary N) is 2.